The van der Waals surface area contributed by atoms with E-state index in [1.807, 2.05) is 13.8 Å². The Kier molecular flexibility index (Phi) is 2.55. The van der Waals surface area contributed by atoms with Gasteiger partial charge in [0.05, 0.1) is 12.7 Å². The van der Waals surface area contributed by atoms with E-state index in [9.17, 15) is 0 Å². The predicted molar refractivity (Wildman–Crippen MR) is 51.8 cm³/mol. The number of hydrogen-bond donors (Lipinski definition) is 1. The van der Waals surface area contributed by atoms with Gasteiger partial charge in [0.15, 0.2) is 5.79 Å². The van der Waals surface area contributed by atoms with Crippen molar-refractivity contribution in [2.75, 3.05) is 13.7 Å². The van der Waals surface area contributed by atoms with Crippen molar-refractivity contribution in [1.29, 1.82) is 0 Å². The minimum Gasteiger partial charge on any atom is -0.384 e. The van der Waals surface area contributed by atoms with Crippen molar-refractivity contribution in [3.8, 4) is 0 Å². The summed E-state index contributed by atoms with van der Waals surface area (Å²) in [6, 6.07) is 0.0851. The summed E-state index contributed by atoms with van der Waals surface area (Å²) in [6.45, 7) is 4.57. The standard InChI is InChI=1S/C10H19NO3/c1-10(2)13-8-6(5-12-3)4-7(11)9(8)14-10/h6-9H,4-5,11H2,1-3H3/t6-,7+,8-,9+/m1/s1. The highest BCUT2D eigenvalue weighted by Gasteiger charge is 2.52. The molecular formula is C10H19NO3. The van der Waals surface area contributed by atoms with Gasteiger partial charge in [-0.05, 0) is 20.3 Å². The van der Waals surface area contributed by atoms with Gasteiger partial charge in [-0.1, -0.05) is 0 Å². The van der Waals surface area contributed by atoms with Gasteiger partial charge in [-0.2, -0.15) is 0 Å². The third kappa shape index (κ3) is 1.67. The third-order valence-corrected chi connectivity index (χ3v) is 3.01. The molecule has 82 valence electrons. The molecule has 1 aliphatic carbocycles. The molecule has 0 spiro atoms. The maximum absolute atomic E-state index is 6.00. The van der Waals surface area contributed by atoms with Crippen molar-refractivity contribution in [1.82, 2.24) is 0 Å². The van der Waals surface area contributed by atoms with Gasteiger partial charge in [0, 0.05) is 19.1 Å². The highest BCUT2D eigenvalue weighted by atomic mass is 16.8. The molecule has 4 nitrogen and oxygen atoms in total. The molecule has 0 aromatic heterocycles. The van der Waals surface area contributed by atoms with Crippen LogP contribution in [0.1, 0.15) is 20.3 Å². The summed E-state index contributed by atoms with van der Waals surface area (Å²) >= 11 is 0. The van der Waals surface area contributed by atoms with Gasteiger partial charge in [0.1, 0.15) is 6.10 Å². The molecule has 4 atom stereocenters. The molecule has 2 fully saturated rings. The lowest BCUT2D eigenvalue weighted by atomic mass is 10.1. The van der Waals surface area contributed by atoms with Crippen LogP contribution >= 0.6 is 0 Å². The molecule has 1 heterocycles. The Morgan fingerprint density at radius 1 is 1.36 bits per heavy atom. The second-order valence-corrected chi connectivity index (χ2v) is 4.68. The molecule has 1 aliphatic heterocycles. The summed E-state index contributed by atoms with van der Waals surface area (Å²) in [4.78, 5) is 0. The molecule has 0 radical (unpaired) electrons. The zero-order valence-corrected chi connectivity index (χ0v) is 9.03. The highest BCUT2D eigenvalue weighted by molar-refractivity contribution is 5.00. The first-order chi connectivity index (χ1) is 6.53. The van der Waals surface area contributed by atoms with Crippen molar-refractivity contribution in [3.63, 3.8) is 0 Å². The van der Waals surface area contributed by atoms with Crippen LogP contribution in [0, 0.1) is 5.92 Å². The van der Waals surface area contributed by atoms with Crippen LogP contribution in [-0.2, 0) is 14.2 Å². The normalized spacial score (nSPS) is 45.4. The van der Waals surface area contributed by atoms with Crippen LogP contribution < -0.4 is 5.73 Å². The first-order valence-electron chi connectivity index (χ1n) is 5.13. The highest BCUT2D eigenvalue weighted by Crippen LogP contribution is 2.40. The summed E-state index contributed by atoms with van der Waals surface area (Å²) < 4.78 is 16.7. The van der Waals surface area contributed by atoms with Gasteiger partial charge in [-0.15, -0.1) is 0 Å². The quantitative estimate of drug-likeness (QED) is 0.707. The van der Waals surface area contributed by atoms with Crippen LogP contribution in [0.4, 0.5) is 0 Å². The topological polar surface area (TPSA) is 53.7 Å². The molecule has 4 heteroatoms. The molecule has 2 rings (SSSR count). The van der Waals surface area contributed by atoms with Crippen LogP contribution in [-0.4, -0.2) is 37.8 Å². The first kappa shape index (κ1) is 10.4. The summed E-state index contributed by atoms with van der Waals surface area (Å²) in [7, 11) is 1.71. The smallest absolute Gasteiger partial charge is 0.163 e. The van der Waals surface area contributed by atoms with E-state index >= 15 is 0 Å². The summed E-state index contributed by atoms with van der Waals surface area (Å²) in [5, 5.41) is 0. The van der Waals surface area contributed by atoms with Crippen LogP contribution in [0.3, 0.4) is 0 Å². The van der Waals surface area contributed by atoms with Crippen molar-refractivity contribution < 1.29 is 14.2 Å². The zero-order chi connectivity index (χ0) is 10.3. The van der Waals surface area contributed by atoms with Crippen molar-refractivity contribution in [2.45, 2.75) is 44.3 Å². The fraction of sp³-hybridized carbons (Fsp3) is 1.00. The molecule has 2 aliphatic rings. The van der Waals surface area contributed by atoms with Gasteiger partial charge in [0.25, 0.3) is 0 Å². The third-order valence-electron chi connectivity index (χ3n) is 3.01. The zero-order valence-electron chi connectivity index (χ0n) is 9.03. The number of methoxy groups -OCH3 is 1. The number of hydrogen-bond acceptors (Lipinski definition) is 4. The Labute approximate surface area is 84.7 Å². The van der Waals surface area contributed by atoms with Gasteiger partial charge in [-0.25, -0.2) is 0 Å². The average molecular weight is 201 g/mol. The fourth-order valence-corrected chi connectivity index (χ4v) is 2.51. The van der Waals surface area contributed by atoms with Gasteiger partial charge in [-0.3, -0.25) is 0 Å². The van der Waals surface area contributed by atoms with Crippen LogP contribution in [0.15, 0.2) is 0 Å². The first-order valence-corrected chi connectivity index (χ1v) is 5.13. The van der Waals surface area contributed by atoms with E-state index < -0.39 is 5.79 Å². The molecule has 0 aromatic carbocycles. The van der Waals surface area contributed by atoms with E-state index in [-0.39, 0.29) is 18.2 Å². The van der Waals surface area contributed by atoms with E-state index in [1.165, 1.54) is 0 Å². The maximum Gasteiger partial charge on any atom is 0.163 e. The molecule has 1 saturated heterocycles. The van der Waals surface area contributed by atoms with Crippen molar-refractivity contribution >= 4 is 0 Å². The summed E-state index contributed by atoms with van der Waals surface area (Å²) in [5.74, 6) is -0.110. The predicted octanol–water partition coefficient (Wildman–Crippen LogP) is 0.500. The molecule has 2 N–H and O–H groups in total. The Hall–Kier alpha value is -0.160. The van der Waals surface area contributed by atoms with E-state index in [4.69, 9.17) is 19.9 Å². The van der Waals surface area contributed by atoms with Crippen LogP contribution in [0.5, 0.6) is 0 Å². The molecule has 0 bridgehead atoms. The lowest BCUT2D eigenvalue weighted by Crippen LogP contribution is -2.35. The van der Waals surface area contributed by atoms with Gasteiger partial charge < -0.3 is 19.9 Å². The number of fused-ring (bicyclic) bond motifs is 1. The van der Waals surface area contributed by atoms with E-state index in [0.717, 1.165) is 6.42 Å². The Morgan fingerprint density at radius 2 is 2.00 bits per heavy atom. The van der Waals surface area contributed by atoms with Crippen LogP contribution in [0.2, 0.25) is 0 Å². The van der Waals surface area contributed by atoms with Gasteiger partial charge in [0.2, 0.25) is 0 Å². The van der Waals surface area contributed by atoms with Crippen molar-refractivity contribution in [2.24, 2.45) is 11.7 Å². The van der Waals surface area contributed by atoms with E-state index in [2.05, 4.69) is 0 Å². The fourth-order valence-electron chi connectivity index (χ4n) is 2.51. The summed E-state index contributed by atoms with van der Waals surface area (Å²) in [6.07, 6.45) is 1.09. The van der Waals surface area contributed by atoms with E-state index in [0.29, 0.717) is 12.5 Å². The maximum atomic E-state index is 6.00. The lowest BCUT2D eigenvalue weighted by Gasteiger charge is -2.22. The van der Waals surface area contributed by atoms with Crippen LogP contribution in [0.25, 0.3) is 0 Å². The molecule has 0 amide bonds. The molecule has 0 aromatic rings. The van der Waals surface area contributed by atoms with Gasteiger partial charge >= 0.3 is 0 Å². The molecule has 0 unspecified atom stereocenters. The summed E-state index contributed by atoms with van der Waals surface area (Å²) in [5.41, 5.74) is 6.00. The van der Waals surface area contributed by atoms with Crippen molar-refractivity contribution in [3.05, 3.63) is 0 Å². The monoisotopic (exact) mass is 201 g/mol. The Morgan fingerprint density at radius 3 is 2.64 bits per heavy atom. The Balaban J connectivity index is 2.07. The average Bonchev–Trinajstić information content (AvgIpc) is 2.51. The molecular weight excluding hydrogens is 182 g/mol. The van der Waals surface area contributed by atoms with E-state index in [1.54, 1.807) is 7.11 Å². The number of nitrogens with two attached hydrogens (primary N) is 1. The minimum atomic E-state index is -0.487. The SMILES string of the molecule is COC[C@H]1C[C@H](N)[C@@H]2OC(C)(C)O[C@H]12. The second-order valence-electron chi connectivity index (χ2n) is 4.68. The molecule has 14 heavy (non-hydrogen) atoms. The molecule has 1 saturated carbocycles. The second kappa shape index (κ2) is 3.45. The minimum absolute atomic E-state index is 0.0464. The number of ether oxygens (including phenoxy) is 3. The largest absolute Gasteiger partial charge is 0.384 e. The lowest BCUT2D eigenvalue weighted by molar-refractivity contribution is -0.159. The Bertz CT molecular complexity index is 219. The number of rotatable bonds is 2.